The summed E-state index contributed by atoms with van der Waals surface area (Å²) in [7, 11) is 0. The number of nitrogens with one attached hydrogen (secondary N) is 1. The molecule has 1 saturated heterocycles. The van der Waals surface area contributed by atoms with Crippen molar-refractivity contribution in [1.82, 2.24) is 14.9 Å². The van der Waals surface area contributed by atoms with Crippen LogP contribution in [0.25, 0.3) is 0 Å². The van der Waals surface area contributed by atoms with Gasteiger partial charge in [-0.05, 0) is 19.4 Å². The van der Waals surface area contributed by atoms with E-state index >= 15 is 0 Å². The highest BCUT2D eigenvalue weighted by atomic mass is 15.3. The Morgan fingerprint density at radius 2 is 1.81 bits per heavy atom. The normalized spacial score (nSPS) is 16.2. The van der Waals surface area contributed by atoms with Gasteiger partial charge >= 0.3 is 0 Å². The Balaban J connectivity index is 2.04. The van der Waals surface area contributed by atoms with Crippen molar-refractivity contribution in [2.75, 3.05) is 49.5 Å². The molecular formula is C16H29N5. The second kappa shape index (κ2) is 8.17. The van der Waals surface area contributed by atoms with Gasteiger partial charge in [0.1, 0.15) is 17.5 Å². The lowest BCUT2D eigenvalue weighted by molar-refractivity contribution is 0.258. The molecule has 1 N–H and O–H groups in total. The first kappa shape index (κ1) is 16.0. The summed E-state index contributed by atoms with van der Waals surface area (Å²) in [5.74, 6) is 2.98. The van der Waals surface area contributed by atoms with E-state index < -0.39 is 0 Å². The van der Waals surface area contributed by atoms with E-state index in [-0.39, 0.29) is 0 Å². The van der Waals surface area contributed by atoms with Crippen LogP contribution in [0.2, 0.25) is 0 Å². The molecule has 1 aliphatic heterocycles. The topological polar surface area (TPSA) is 44.3 Å². The molecule has 2 heterocycles. The lowest BCUT2D eigenvalue weighted by atomic mass is 10.3. The van der Waals surface area contributed by atoms with E-state index in [4.69, 9.17) is 4.98 Å². The number of hydrogen-bond donors (Lipinski definition) is 1. The van der Waals surface area contributed by atoms with Gasteiger partial charge in [-0.1, -0.05) is 20.8 Å². The van der Waals surface area contributed by atoms with E-state index in [0.717, 1.165) is 63.0 Å². The first-order chi connectivity index (χ1) is 10.3. The van der Waals surface area contributed by atoms with Crippen molar-refractivity contribution in [2.24, 2.45) is 0 Å². The van der Waals surface area contributed by atoms with Crippen LogP contribution >= 0.6 is 0 Å². The number of piperazine rings is 1. The highest BCUT2D eigenvalue weighted by Crippen LogP contribution is 2.18. The molecule has 0 spiro atoms. The molecule has 0 bridgehead atoms. The van der Waals surface area contributed by atoms with Gasteiger partial charge in [0.2, 0.25) is 0 Å². The fourth-order valence-corrected chi connectivity index (χ4v) is 2.66. The van der Waals surface area contributed by atoms with Gasteiger partial charge in [0.15, 0.2) is 0 Å². The standard InChI is InChI=1S/C16H29N5/c1-4-7-17-15-13-16(19-14(6-3)18-15)21-11-9-20(8-5-2)10-12-21/h13H,4-12H2,1-3H3,(H,17,18,19). The van der Waals surface area contributed by atoms with Gasteiger partial charge < -0.3 is 10.2 Å². The monoisotopic (exact) mass is 291 g/mol. The van der Waals surface area contributed by atoms with Crippen LogP contribution in [-0.2, 0) is 6.42 Å². The predicted molar refractivity (Wildman–Crippen MR) is 89.1 cm³/mol. The molecule has 1 aromatic rings. The van der Waals surface area contributed by atoms with E-state index in [1.54, 1.807) is 0 Å². The van der Waals surface area contributed by atoms with Crippen molar-refractivity contribution in [3.63, 3.8) is 0 Å². The smallest absolute Gasteiger partial charge is 0.134 e. The van der Waals surface area contributed by atoms with Gasteiger partial charge in [-0.25, -0.2) is 9.97 Å². The number of hydrogen-bond acceptors (Lipinski definition) is 5. The maximum atomic E-state index is 4.71. The first-order valence-corrected chi connectivity index (χ1v) is 8.35. The summed E-state index contributed by atoms with van der Waals surface area (Å²) in [6, 6.07) is 2.10. The molecule has 2 rings (SSSR count). The third kappa shape index (κ3) is 4.56. The maximum absolute atomic E-state index is 4.71. The second-order valence-electron chi connectivity index (χ2n) is 5.64. The van der Waals surface area contributed by atoms with Crippen LogP contribution in [0.3, 0.4) is 0 Å². The van der Waals surface area contributed by atoms with Gasteiger partial charge in [0, 0.05) is 45.2 Å². The number of aryl methyl sites for hydroxylation is 1. The zero-order valence-corrected chi connectivity index (χ0v) is 13.7. The summed E-state index contributed by atoms with van der Waals surface area (Å²) in [6.07, 6.45) is 3.22. The van der Waals surface area contributed by atoms with Crippen molar-refractivity contribution < 1.29 is 0 Å². The number of anilines is 2. The molecule has 0 atom stereocenters. The van der Waals surface area contributed by atoms with Gasteiger partial charge in [0.05, 0.1) is 0 Å². The van der Waals surface area contributed by atoms with E-state index in [9.17, 15) is 0 Å². The Morgan fingerprint density at radius 3 is 2.43 bits per heavy atom. The molecule has 1 aliphatic rings. The van der Waals surface area contributed by atoms with E-state index in [2.05, 4.69) is 46.9 Å². The van der Waals surface area contributed by atoms with E-state index in [1.165, 1.54) is 13.0 Å². The van der Waals surface area contributed by atoms with Crippen LogP contribution in [0.4, 0.5) is 11.6 Å². The average molecular weight is 291 g/mol. The van der Waals surface area contributed by atoms with E-state index in [0.29, 0.717) is 0 Å². The van der Waals surface area contributed by atoms with Crippen LogP contribution in [0, 0.1) is 0 Å². The molecule has 0 aliphatic carbocycles. The number of rotatable bonds is 7. The van der Waals surface area contributed by atoms with Crippen LogP contribution in [-0.4, -0.2) is 54.1 Å². The van der Waals surface area contributed by atoms with Crippen molar-refractivity contribution in [3.8, 4) is 0 Å². The Hall–Kier alpha value is -1.36. The van der Waals surface area contributed by atoms with E-state index in [1.807, 2.05) is 0 Å². The third-order valence-electron chi connectivity index (χ3n) is 3.87. The largest absolute Gasteiger partial charge is 0.370 e. The second-order valence-corrected chi connectivity index (χ2v) is 5.64. The van der Waals surface area contributed by atoms with Crippen molar-refractivity contribution >= 4 is 11.6 Å². The summed E-state index contributed by atoms with van der Waals surface area (Å²) < 4.78 is 0. The lowest BCUT2D eigenvalue weighted by Gasteiger charge is -2.35. The highest BCUT2D eigenvalue weighted by Gasteiger charge is 2.18. The summed E-state index contributed by atoms with van der Waals surface area (Å²) in [5.41, 5.74) is 0. The van der Waals surface area contributed by atoms with Crippen molar-refractivity contribution in [1.29, 1.82) is 0 Å². The quantitative estimate of drug-likeness (QED) is 0.835. The minimum atomic E-state index is 0.879. The predicted octanol–water partition coefficient (Wildman–Crippen LogP) is 2.39. The van der Waals surface area contributed by atoms with Crippen LogP contribution < -0.4 is 10.2 Å². The molecule has 0 aromatic carbocycles. The Labute approximate surface area is 128 Å². The summed E-state index contributed by atoms with van der Waals surface area (Å²) in [5, 5.41) is 3.39. The fourth-order valence-electron chi connectivity index (χ4n) is 2.66. The SMILES string of the molecule is CCCNc1cc(N2CCN(CCC)CC2)nc(CC)n1. The Bertz CT molecular complexity index is 427. The molecule has 0 saturated carbocycles. The summed E-state index contributed by atoms with van der Waals surface area (Å²) in [6.45, 7) is 13.1. The molecular weight excluding hydrogens is 262 g/mol. The molecule has 5 nitrogen and oxygen atoms in total. The number of nitrogens with zero attached hydrogens (tertiary/aromatic N) is 4. The Kier molecular flexibility index (Phi) is 6.23. The third-order valence-corrected chi connectivity index (χ3v) is 3.87. The maximum Gasteiger partial charge on any atom is 0.134 e. The molecule has 118 valence electrons. The summed E-state index contributed by atoms with van der Waals surface area (Å²) >= 11 is 0. The zero-order valence-electron chi connectivity index (χ0n) is 13.7. The summed E-state index contributed by atoms with van der Waals surface area (Å²) in [4.78, 5) is 14.2. The van der Waals surface area contributed by atoms with Crippen LogP contribution in [0.15, 0.2) is 6.07 Å². The highest BCUT2D eigenvalue weighted by molar-refractivity contribution is 5.49. The number of aromatic nitrogens is 2. The molecule has 0 radical (unpaired) electrons. The Morgan fingerprint density at radius 1 is 1.05 bits per heavy atom. The molecule has 0 amide bonds. The minimum Gasteiger partial charge on any atom is -0.370 e. The van der Waals surface area contributed by atoms with Crippen molar-refractivity contribution in [3.05, 3.63) is 11.9 Å². The van der Waals surface area contributed by atoms with Gasteiger partial charge in [0.25, 0.3) is 0 Å². The fraction of sp³-hybridized carbons (Fsp3) is 0.750. The van der Waals surface area contributed by atoms with Gasteiger partial charge in [-0.2, -0.15) is 0 Å². The molecule has 5 heteroatoms. The average Bonchev–Trinajstić information content (AvgIpc) is 2.53. The van der Waals surface area contributed by atoms with Crippen LogP contribution in [0.1, 0.15) is 39.4 Å². The van der Waals surface area contributed by atoms with Gasteiger partial charge in [-0.3, -0.25) is 4.90 Å². The molecule has 21 heavy (non-hydrogen) atoms. The van der Waals surface area contributed by atoms with Crippen molar-refractivity contribution in [2.45, 2.75) is 40.0 Å². The zero-order chi connectivity index (χ0) is 15.1. The molecule has 0 unspecified atom stereocenters. The first-order valence-electron chi connectivity index (χ1n) is 8.35. The minimum absolute atomic E-state index is 0.879. The van der Waals surface area contributed by atoms with Gasteiger partial charge in [-0.15, -0.1) is 0 Å². The van der Waals surface area contributed by atoms with Crippen LogP contribution in [0.5, 0.6) is 0 Å². The molecule has 1 aromatic heterocycles. The lowest BCUT2D eigenvalue weighted by Crippen LogP contribution is -2.46. The molecule has 1 fully saturated rings.